The van der Waals surface area contributed by atoms with E-state index in [1.807, 2.05) is 0 Å². The summed E-state index contributed by atoms with van der Waals surface area (Å²) in [6, 6.07) is 9.42. The maximum absolute atomic E-state index is 13.5. The third kappa shape index (κ3) is 6.65. The highest BCUT2D eigenvalue weighted by molar-refractivity contribution is 8.01. The number of aromatic nitrogens is 2. The minimum absolute atomic E-state index is 0.0704. The van der Waals surface area contributed by atoms with Crippen LogP contribution in [0.5, 0.6) is 5.75 Å². The van der Waals surface area contributed by atoms with Gasteiger partial charge in [0.1, 0.15) is 17.4 Å². The zero-order chi connectivity index (χ0) is 21.5. The van der Waals surface area contributed by atoms with E-state index in [9.17, 15) is 18.4 Å². The molecule has 0 aliphatic carbocycles. The molecule has 2 amide bonds. The Hall–Kier alpha value is -2.76. The van der Waals surface area contributed by atoms with E-state index in [1.54, 1.807) is 24.3 Å². The topological polar surface area (TPSA) is 93.2 Å². The molecule has 12 heteroatoms. The highest BCUT2D eigenvalue weighted by atomic mass is 35.5. The van der Waals surface area contributed by atoms with E-state index in [-0.39, 0.29) is 23.2 Å². The molecule has 1 heterocycles. The van der Waals surface area contributed by atoms with Gasteiger partial charge in [0.2, 0.25) is 11.0 Å². The Morgan fingerprint density at radius 1 is 1.07 bits per heavy atom. The van der Waals surface area contributed by atoms with Gasteiger partial charge in [-0.2, -0.15) is 0 Å². The van der Waals surface area contributed by atoms with Crippen molar-refractivity contribution in [2.24, 2.45) is 0 Å². The van der Waals surface area contributed by atoms with Crippen LogP contribution in [-0.2, 0) is 9.59 Å². The number of carbonyl (C=O) groups excluding carboxylic acids is 2. The number of hydrogen-bond acceptors (Lipinski definition) is 7. The molecule has 0 fully saturated rings. The average Bonchev–Trinajstić information content (AvgIpc) is 3.15. The number of rotatable bonds is 8. The first-order valence-corrected chi connectivity index (χ1v) is 10.5. The number of thioether (sulfide) groups is 1. The largest absolute Gasteiger partial charge is 0.484 e. The van der Waals surface area contributed by atoms with Gasteiger partial charge < -0.3 is 10.1 Å². The molecule has 7 nitrogen and oxygen atoms in total. The molecule has 0 spiro atoms. The van der Waals surface area contributed by atoms with Crippen LogP contribution in [0.1, 0.15) is 0 Å². The Morgan fingerprint density at radius 2 is 1.83 bits per heavy atom. The SMILES string of the molecule is O=C(COc1ccc(Cl)cc1)Nc1nnc(SCC(=O)Nc2ccc(F)cc2F)s1. The maximum Gasteiger partial charge on any atom is 0.264 e. The number of anilines is 2. The summed E-state index contributed by atoms with van der Waals surface area (Å²) in [7, 11) is 0. The van der Waals surface area contributed by atoms with Crippen LogP contribution in [0.2, 0.25) is 5.02 Å². The zero-order valence-corrected chi connectivity index (χ0v) is 17.4. The Balaban J connectivity index is 1.43. The van der Waals surface area contributed by atoms with Gasteiger partial charge >= 0.3 is 0 Å². The second kappa shape index (κ2) is 10.3. The Kier molecular flexibility index (Phi) is 7.55. The van der Waals surface area contributed by atoms with Gasteiger partial charge in [-0.1, -0.05) is 34.7 Å². The number of hydrogen-bond donors (Lipinski definition) is 2. The van der Waals surface area contributed by atoms with E-state index < -0.39 is 23.4 Å². The zero-order valence-electron chi connectivity index (χ0n) is 15.0. The van der Waals surface area contributed by atoms with E-state index in [1.165, 1.54) is 0 Å². The number of nitrogens with zero attached hydrogens (tertiary/aromatic N) is 2. The van der Waals surface area contributed by atoms with Crippen molar-refractivity contribution in [3.63, 3.8) is 0 Å². The second-order valence-electron chi connectivity index (χ2n) is 5.62. The minimum Gasteiger partial charge on any atom is -0.484 e. The van der Waals surface area contributed by atoms with E-state index in [4.69, 9.17) is 16.3 Å². The third-order valence-electron chi connectivity index (χ3n) is 3.37. The lowest BCUT2D eigenvalue weighted by molar-refractivity contribution is -0.118. The number of halogens is 3. The molecular weight excluding hydrogens is 458 g/mol. The fourth-order valence-corrected chi connectivity index (χ4v) is 3.75. The normalized spacial score (nSPS) is 10.5. The first kappa shape index (κ1) is 21.9. The van der Waals surface area contributed by atoms with Gasteiger partial charge in [0.25, 0.3) is 5.91 Å². The fraction of sp³-hybridized carbons (Fsp3) is 0.111. The molecule has 156 valence electrons. The standard InChI is InChI=1S/C18H13ClF2N4O3S2/c19-10-1-4-12(5-2-10)28-8-15(26)23-17-24-25-18(30-17)29-9-16(27)22-14-6-3-11(20)7-13(14)21/h1-7H,8-9H2,(H,22,27)(H,23,24,26). The first-order valence-electron chi connectivity index (χ1n) is 8.28. The Morgan fingerprint density at radius 3 is 2.57 bits per heavy atom. The predicted molar refractivity (Wildman–Crippen MR) is 111 cm³/mol. The quantitative estimate of drug-likeness (QED) is 0.378. The molecule has 1 aromatic heterocycles. The summed E-state index contributed by atoms with van der Waals surface area (Å²) in [4.78, 5) is 23.8. The smallest absolute Gasteiger partial charge is 0.264 e. The monoisotopic (exact) mass is 470 g/mol. The van der Waals surface area contributed by atoms with Crippen LogP contribution in [0.25, 0.3) is 0 Å². The molecule has 0 saturated heterocycles. The molecule has 3 rings (SSSR count). The molecule has 2 aromatic carbocycles. The van der Waals surface area contributed by atoms with Crippen molar-refractivity contribution in [3.8, 4) is 5.75 Å². The molecule has 0 atom stereocenters. The van der Waals surface area contributed by atoms with E-state index in [0.29, 0.717) is 21.2 Å². The van der Waals surface area contributed by atoms with Crippen LogP contribution in [0.3, 0.4) is 0 Å². The van der Waals surface area contributed by atoms with Gasteiger partial charge in [0.05, 0.1) is 11.4 Å². The maximum atomic E-state index is 13.5. The van der Waals surface area contributed by atoms with E-state index in [2.05, 4.69) is 20.8 Å². The number of carbonyl (C=O) groups is 2. The van der Waals surface area contributed by atoms with Crippen molar-refractivity contribution in [1.29, 1.82) is 0 Å². The average molecular weight is 471 g/mol. The van der Waals surface area contributed by atoms with Crippen LogP contribution < -0.4 is 15.4 Å². The first-order chi connectivity index (χ1) is 14.4. The third-order valence-corrected chi connectivity index (χ3v) is 5.59. The van der Waals surface area contributed by atoms with Crippen molar-refractivity contribution in [3.05, 3.63) is 59.1 Å². The minimum atomic E-state index is -0.866. The molecule has 3 aromatic rings. The molecule has 0 unspecified atom stereocenters. The van der Waals surface area contributed by atoms with Gasteiger partial charge in [-0.3, -0.25) is 14.9 Å². The van der Waals surface area contributed by atoms with Gasteiger partial charge in [0.15, 0.2) is 10.9 Å². The molecule has 30 heavy (non-hydrogen) atoms. The number of ether oxygens (including phenoxy) is 1. The summed E-state index contributed by atoms with van der Waals surface area (Å²) in [5, 5.41) is 13.4. The molecule has 0 saturated carbocycles. The van der Waals surface area contributed by atoms with Crippen molar-refractivity contribution in [2.75, 3.05) is 23.0 Å². The van der Waals surface area contributed by atoms with Crippen molar-refractivity contribution < 1.29 is 23.1 Å². The van der Waals surface area contributed by atoms with Crippen LogP contribution in [0.4, 0.5) is 19.6 Å². The van der Waals surface area contributed by atoms with Gasteiger partial charge in [-0.15, -0.1) is 10.2 Å². The Labute approximate surface area is 182 Å². The number of nitrogens with one attached hydrogen (secondary N) is 2. The highest BCUT2D eigenvalue weighted by Gasteiger charge is 2.12. The summed E-state index contributed by atoms with van der Waals surface area (Å²) in [5.74, 6) is -2.10. The van der Waals surface area contributed by atoms with Gasteiger partial charge in [-0.25, -0.2) is 8.78 Å². The molecular formula is C18H13ClF2N4O3S2. The second-order valence-corrected chi connectivity index (χ2v) is 8.26. The molecule has 0 bridgehead atoms. The van der Waals surface area contributed by atoms with E-state index >= 15 is 0 Å². The number of benzene rings is 2. The summed E-state index contributed by atoms with van der Waals surface area (Å²) in [6.07, 6.45) is 0. The van der Waals surface area contributed by atoms with Gasteiger partial charge in [0, 0.05) is 11.1 Å². The van der Waals surface area contributed by atoms with E-state index in [0.717, 1.165) is 35.2 Å². The van der Waals surface area contributed by atoms with Crippen LogP contribution in [-0.4, -0.2) is 34.4 Å². The predicted octanol–water partition coefficient (Wildman–Crippen LogP) is 4.22. The molecule has 0 aliphatic rings. The van der Waals surface area contributed by atoms with Crippen LogP contribution >= 0.6 is 34.7 Å². The van der Waals surface area contributed by atoms with Gasteiger partial charge in [-0.05, 0) is 36.4 Å². The summed E-state index contributed by atoms with van der Waals surface area (Å²) >= 11 is 7.90. The van der Waals surface area contributed by atoms with Crippen LogP contribution in [0, 0.1) is 11.6 Å². The highest BCUT2D eigenvalue weighted by Crippen LogP contribution is 2.26. The summed E-state index contributed by atoms with van der Waals surface area (Å²) in [6.45, 7) is -0.227. The summed E-state index contributed by atoms with van der Waals surface area (Å²) < 4.78 is 32.2. The lowest BCUT2D eigenvalue weighted by Crippen LogP contribution is -2.20. The van der Waals surface area contributed by atoms with Crippen LogP contribution in [0.15, 0.2) is 46.8 Å². The molecule has 2 N–H and O–H groups in total. The lowest BCUT2D eigenvalue weighted by atomic mass is 10.3. The lowest BCUT2D eigenvalue weighted by Gasteiger charge is -2.05. The van der Waals surface area contributed by atoms with Crippen molar-refractivity contribution in [2.45, 2.75) is 4.34 Å². The van der Waals surface area contributed by atoms with Crippen molar-refractivity contribution in [1.82, 2.24) is 10.2 Å². The Bertz CT molecular complexity index is 1050. The molecule has 0 radical (unpaired) electrons. The van der Waals surface area contributed by atoms with Crippen molar-refractivity contribution >= 4 is 57.3 Å². The fourth-order valence-electron chi connectivity index (χ4n) is 2.06. The summed E-state index contributed by atoms with van der Waals surface area (Å²) in [5.41, 5.74) is -0.118. The molecule has 0 aliphatic heterocycles. The number of amides is 2.